The lowest BCUT2D eigenvalue weighted by Gasteiger charge is -2.17. The molecule has 0 heterocycles. The number of aryl methyl sites for hydroxylation is 1. The van der Waals surface area contributed by atoms with Gasteiger partial charge in [-0.2, -0.15) is 0 Å². The summed E-state index contributed by atoms with van der Waals surface area (Å²) in [4.78, 5) is 23.9. The number of rotatable bonds is 5. The number of carbonyl (C=O) groups is 2. The molecule has 0 saturated carbocycles. The van der Waals surface area contributed by atoms with Gasteiger partial charge in [-0.25, -0.2) is 0 Å². The molecule has 1 N–H and O–H groups in total. The molecular weight excluding hydrogens is 242 g/mol. The van der Waals surface area contributed by atoms with Crippen LogP contribution < -0.4 is 0 Å². The summed E-state index contributed by atoms with van der Waals surface area (Å²) in [7, 11) is 1.60. The van der Waals surface area contributed by atoms with E-state index in [9.17, 15) is 9.59 Å². The van der Waals surface area contributed by atoms with E-state index in [0.29, 0.717) is 0 Å². The molecule has 4 heteroatoms. The standard InChI is InChI=1S/C15H19NO3/c1-11-4-6-13(7-5-11)8-9-14(17)16(3)10-12(2)15(18)19/h4-9,12H,10H2,1-3H3,(H,18,19). The zero-order chi connectivity index (χ0) is 14.4. The van der Waals surface area contributed by atoms with Crippen LogP contribution in [-0.4, -0.2) is 35.5 Å². The largest absolute Gasteiger partial charge is 0.481 e. The van der Waals surface area contributed by atoms with Crippen LogP contribution in [0.5, 0.6) is 0 Å². The molecule has 0 radical (unpaired) electrons. The maximum atomic E-state index is 11.8. The molecule has 1 rings (SSSR count). The second kappa shape index (κ2) is 6.73. The fraction of sp³-hybridized carbons (Fsp3) is 0.333. The first-order chi connectivity index (χ1) is 8.90. The van der Waals surface area contributed by atoms with Gasteiger partial charge in [-0.1, -0.05) is 36.8 Å². The third kappa shape index (κ3) is 4.95. The van der Waals surface area contributed by atoms with E-state index in [1.807, 2.05) is 31.2 Å². The quantitative estimate of drug-likeness (QED) is 0.826. The SMILES string of the molecule is Cc1ccc(C=CC(=O)N(C)CC(C)C(=O)O)cc1. The third-order valence-electron chi connectivity index (χ3n) is 2.84. The van der Waals surface area contributed by atoms with Crippen molar-refractivity contribution in [2.75, 3.05) is 13.6 Å². The fourth-order valence-corrected chi connectivity index (χ4v) is 1.55. The van der Waals surface area contributed by atoms with Crippen molar-refractivity contribution in [2.45, 2.75) is 13.8 Å². The number of carboxylic acids is 1. The second-order valence-electron chi connectivity index (χ2n) is 4.70. The normalized spacial score (nSPS) is 12.4. The van der Waals surface area contributed by atoms with Crippen molar-refractivity contribution in [1.82, 2.24) is 4.90 Å². The Kier molecular flexibility index (Phi) is 5.30. The van der Waals surface area contributed by atoms with E-state index in [1.165, 1.54) is 11.0 Å². The highest BCUT2D eigenvalue weighted by Gasteiger charge is 2.15. The summed E-state index contributed by atoms with van der Waals surface area (Å²) in [6.45, 7) is 3.78. The van der Waals surface area contributed by atoms with Crippen LogP contribution in [0.4, 0.5) is 0 Å². The van der Waals surface area contributed by atoms with Gasteiger partial charge in [0.05, 0.1) is 5.92 Å². The minimum atomic E-state index is -0.901. The molecule has 19 heavy (non-hydrogen) atoms. The van der Waals surface area contributed by atoms with E-state index >= 15 is 0 Å². The minimum absolute atomic E-state index is 0.200. The highest BCUT2D eigenvalue weighted by atomic mass is 16.4. The number of hydrogen-bond donors (Lipinski definition) is 1. The van der Waals surface area contributed by atoms with Crippen molar-refractivity contribution >= 4 is 18.0 Å². The molecule has 0 fully saturated rings. The lowest BCUT2D eigenvalue weighted by Crippen LogP contribution is -2.32. The predicted molar refractivity (Wildman–Crippen MR) is 74.6 cm³/mol. The number of benzene rings is 1. The molecule has 0 saturated heterocycles. The maximum Gasteiger partial charge on any atom is 0.308 e. The van der Waals surface area contributed by atoms with Gasteiger partial charge in [-0.3, -0.25) is 9.59 Å². The Balaban J connectivity index is 2.58. The number of nitrogens with zero attached hydrogens (tertiary/aromatic N) is 1. The molecule has 0 aliphatic carbocycles. The molecule has 1 aromatic rings. The van der Waals surface area contributed by atoms with E-state index < -0.39 is 11.9 Å². The van der Waals surface area contributed by atoms with Crippen molar-refractivity contribution < 1.29 is 14.7 Å². The molecule has 0 spiro atoms. The Morgan fingerprint density at radius 2 is 1.89 bits per heavy atom. The van der Waals surface area contributed by atoms with Crippen molar-refractivity contribution in [3.8, 4) is 0 Å². The predicted octanol–water partition coefficient (Wildman–Crippen LogP) is 2.19. The molecular formula is C15H19NO3. The van der Waals surface area contributed by atoms with Gasteiger partial charge in [-0.05, 0) is 18.6 Å². The van der Waals surface area contributed by atoms with Crippen LogP contribution in [0.15, 0.2) is 30.3 Å². The summed E-state index contributed by atoms with van der Waals surface area (Å²) < 4.78 is 0. The lowest BCUT2D eigenvalue weighted by atomic mass is 10.1. The van der Waals surface area contributed by atoms with Gasteiger partial charge in [0.1, 0.15) is 0 Å². The molecule has 102 valence electrons. The molecule has 0 bridgehead atoms. The molecule has 1 unspecified atom stereocenters. The van der Waals surface area contributed by atoms with E-state index in [4.69, 9.17) is 5.11 Å². The molecule has 0 aromatic heterocycles. The van der Waals surface area contributed by atoms with Gasteiger partial charge in [0.25, 0.3) is 0 Å². The van der Waals surface area contributed by atoms with E-state index in [-0.39, 0.29) is 12.5 Å². The average Bonchev–Trinajstić information content (AvgIpc) is 2.37. The van der Waals surface area contributed by atoms with Gasteiger partial charge in [0.15, 0.2) is 0 Å². The Morgan fingerprint density at radius 3 is 2.42 bits per heavy atom. The summed E-state index contributed by atoms with van der Waals surface area (Å²) in [5.74, 6) is -1.67. The van der Waals surface area contributed by atoms with Crippen LogP contribution in [0.1, 0.15) is 18.1 Å². The third-order valence-corrected chi connectivity index (χ3v) is 2.84. The lowest BCUT2D eigenvalue weighted by molar-refractivity contribution is -0.142. The first-order valence-corrected chi connectivity index (χ1v) is 6.13. The fourth-order valence-electron chi connectivity index (χ4n) is 1.55. The van der Waals surface area contributed by atoms with Crippen LogP contribution in [0.2, 0.25) is 0 Å². The maximum absolute atomic E-state index is 11.8. The number of aliphatic carboxylic acids is 1. The van der Waals surface area contributed by atoms with Crippen LogP contribution in [0.3, 0.4) is 0 Å². The van der Waals surface area contributed by atoms with Crippen molar-refractivity contribution in [1.29, 1.82) is 0 Å². The van der Waals surface area contributed by atoms with Crippen molar-refractivity contribution in [3.63, 3.8) is 0 Å². The molecule has 4 nitrogen and oxygen atoms in total. The van der Waals surface area contributed by atoms with Gasteiger partial charge in [0, 0.05) is 19.7 Å². The zero-order valence-electron chi connectivity index (χ0n) is 11.5. The Bertz CT molecular complexity index is 477. The highest BCUT2D eigenvalue weighted by Crippen LogP contribution is 2.06. The zero-order valence-corrected chi connectivity index (χ0v) is 11.5. The number of carbonyl (C=O) groups excluding carboxylic acids is 1. The van der Waals surface area contributed by atoms with Crippen molar-refractivity contribution in [3.05, 3.63) is 41.5 Å². The summed E-state index contributed by atoms with van der Waals surface area (Å²) in [5, 5.41) is 8.79. The molecule has 1 amide bonds. The molecule has 1 atom stereocenters. The Morgan fingerprint density at radius 1 is 1.32 bits per heavy atom. The number of carboxylic acid groups (broad SMARTS) is 1. The van der Waals surface area contributed by atoms with Crippen LogP contribution >= 0.6 is 0 Å². The summed E-state index contributed by atoms with van der Waals surface area (Å²) in [6.07, 6.45) is 3.18. The van der Waals surface area contributed by atoms with Crippen LogP contribution in [0, 0.1) is 12.8 Å². The molecule has 0 aliphatic rings. The number of amides is 1. The summed E-state index contributed by atoms with van der Waals surface area (Å²) in [5.41, 5.74) is 2.11. The molecule has 0 aliphatic heterocycles. The number of hydrogen-bond acceptors (Lipinski definition) is 2. The van der Waals surface area contributed by atoms with Gasteiger partial charge < -0.3 is 10.0 Å². The average molecular weight is 261 g/mol. The van der Waals surface area contributed by atoms with E-state index in [1.54, 1.807) is 20.0 Å². The van der Waals surface area contributed by atoms with Gasteiger partial charge in [-0.15, -0.1) is 0 Å². The highest BCUT2D eigenvalue weighted by molar-refractivity contribution is 5.91. The van der Waals surface area contributed by atoms with E-state index in [2.05, 4.69) is 0 Å². The second-order valence-corrected chi connectivity index (χ2v) is 4.70. The first-order valence-electron chi connectivity index (χ1n) is 6.13. The monoisotopic (exact) mass is 261 g/mol. The van der Waals surface area contributed by atoms with Crippen LogP contribution in [0.25, 0.3) is 6.08 Å². The molecule has 1 aromatic carbocycles. The first kappa shape index (κ1) is 15.0. The van der Waals surface area contributed by atoms with Crippen LogP contribution in [-0.2, 0) is 9.59 Å². The smallest absolute Gasteiger partial charge is 0.308 e. The Labute approximate surface area is 113 Å². The Hall–Kier alpha value is -2.10. The topological polar surface area (TPSA) is 57.6 Å². The van der Waals surface area contributed by atoms with Gasteiger partial charge in [0.2, 0.25) is 5.91 Å². The summed E-state index contributed by atoms with van der Waals surface area (Å²) in [6, 6.07) is 7.80. The number of likely N-dealkylation sites (N-methyl/N-ethyl adjacent to an activating group) is 1. The minimum Gasteiger partial charge on any atom is -0.481 e. The van der Waals surface area contributed by atoms with E-state index in [0.717, 1.165) is 11.1 Å². The van der Waals surface area contributed by atoms with Gasteiger partial charge >= 0.3 is 5.97 Å². The van der Waals surface area contributed by atoms with Crippen molar-refractivity contribution in [2.24, 2.45) is 5.92 Å². The summed E-state index contributed by atoms with van der Waals surface area (Å²) >= 11 is 0.